The van der Waals surface area contributed by atoms with Gasteiger partial charge in [0.25, 0.3) is 0 Å². The molecule has 2 aliphatic heterocycles. The summed E-state index contributed by atoms with van der Waals surface area (Å²) >= 11 is 1.82. The van der Waals surface area contributed by atoms with E-state index < -0.39 is 11.7 Å². The summed E-state index contributed by atoms with van der Waals surface area (Å²) in [5.41, 5.74) is 1.32. The number of rotatable bonds is 7. The summed E-state index contributed by atoms with van der Waals surface area (Å²) < 4.78 is 47.1. The quantitative estimate of drug-likeness (QED) is 0.360. The Bertz CT molecular complexity index is 1220. The third-order valence-electron chi connectivity index (χ3n) is 7.86. The lowest BCUT2D eigenvalue weighted by Crippen LogP contribution is -2.24. The SMILES string of the molecule is CC1CC=C2C(C(F)(F)F)=CC(c3ccoc3)=CN2C=C1CC(=O)CCC1CCCC(c2cccs2)C1. The van der Waals surface area contributed by atoms with Crippen molar-refractivity contribution in [1.29, 1.82) is 0 Å². The number of furan rings is 1. The van der Waals surface area contributed by atoms with Crippen molar-refractivity contribution in [2.24, 2.45) is 11.8 Å². The summed E-state index contributed by atoms with van der Waals surface area (Å²) in [6.07, 6.45) is 11.5. The first kappa shape index (κ1) is 25.8. The molecule has 2 aromatic rings. The van der Waals surface area contributed by atoms with Gasteiger partial charge < -0.3 is 9.32 Å². The van der Waals surface area contributed by atoms with E-state index in [0.29, 0.717) is 35.8 Å². The minimum atomic E-state index is -4.49. The first-order valence-electron chi connectivity index (χ1n) is 13.1. The van der Waals surface area contributed by atoms with Crippen LogP contribution in [0.3, 0.4) is 0 Å². The molecule has 0 amide bonds. The van der Waals surface area contributed by atoms with Crippen LogP contribution in [0.2, 0.25) is 0 Å². The van der Waals surface area contributed by atoms with E-state index >= 15 is 0 Å². The maximum atomic E-state index is 14.0. The summed E-state index contributed by atoms with van der Waals surface area (Å²) in [6, 6.07) is 5.98. The lowest BCUT2D eigenvalue weighted by Gasteiger charge is -2.29. The number of carbonyl (C=O) groups is 1. The van der Waals surface area contributed by atoms with E-state index in [2.05, 4.69) is 17.5 Å². The molecule has 7 heteroatoms. The Labute approximate surface area is 220 Å². The van der Waals surface area contributed by atoms with Crippen molar-refractivity contribution in [1.82, 2.24) is 4.90 Å². The van der Waals surface area contributed by atoms with Crippen molar-refractivity contribution in [2.45, 2.75) is 70.4 Å². The van der Waals surface area contributed by atoms with Crippen LogP contribution >= 0.6 is 11.3 Å². The summed E-state index contributed by atoms with van der Waals surface area (Å²) in [5, 5.41) is 2.13. The van der Waals surface area contributed by atoms with E-state index in [-0.39, 0.29) is 23.8 Å². The molecule has 1 saturated carbocycles. The Morgan fingerprint density at radius 1 is 1.22 bits per heavy atom. The second kappa shape index (κ2) is 10.9. The van der Waals surface area contributed by atoms with Gasteiger partial charge in [0.15, 0.2) is 0 Å². The van der Waals surface area contributed by atoms with Crippen LogP contribution in [-0.4, -0.2) is 16.9 Å². The molecule has 0 aromatic carbocycles. The van der Waals surface area contributed by atoms with E-state index in [1.165, 1.54) is 42.7 Å². The molecule has 1 fully saturated rings. The summed E-state index contributed by atoms with van der Waals surface area (Å²) in [5.74, 6) is 1.32. The van der Waals surface area contributed by atoms with Crippen molar-refractivity contribution >= 4 is 22.7 Å². The maximum absolute atomic E-state index is 14.0. The molecule has 3 unspecified atom stereocenters. The Kier molecular flexibility index (Phi) is 7.61. The third kappa shape index (κ3) is 6.03. The maximum Gasteiger partial charge on any atom is 0.418 e. The van der Waals surface area contributed by atoms with Gasteiger partial charge in [-0.15, -0.1) is 11.3 Å². The fourth-order valence-corrected chi connectivity index (χ4v) is 6.62. The Balaban J connectivity index is 1.28. The first-order valence-corrected chi connectivity index (χ1v) is 13.9. The van der Waals surface area contributed by atoms with Crippen molar-refractivity contribution < 1.29 is 22.4 Å². The lowest BCUT2D eigenvalue weighted by molar-refractivity contribution is -0.118. The van der Waals surface area contributed by atoms with Gasteiger partial charge in [0.2, 0.25) is 0 Å². The van der Waals surface area contributed by atoms with Crippen molar-refractivity contribution in [3.63, 3.8) is 0 Å². The average Bonchev–Trinajstić information content (AvgIpc) is 3.58. The number of alkyl halides is 3. The summed E-state index contributed by atoms with van der Waals surface area (Å²) in [7, 11) is 0. The predicted molar refractivity (Wildman–Crippen MR) is 140 cm³/mol. The second-order valence-corrected chi connectivity index (χ2v) is 11.5. The zero-order chi connectivity index (χ0) is 26.0. The van der Waals surface area contributed by atoms with E-state index in [9.17, 15) is 18.0 Å². The van der Waals surface area contributed by atoms with Crippen LogP contribution in [-0.2, 0) is 4.79 Å². The minimum absolute atomic E-state index is 0.0137. The van der Waals surface area contributed by atoms with Gasteiger partial charge in [-0.1, -0.05) is 31.9 Å². The van der Waals surface area contributed by atoms with Gasteiger partial charge in [-0.25, -0.2) is 0 Å². The number of fused-ring (bicyclic) bond motifs is 1. The fourth-order valence-electron chi connectivity index (χ4n) is 5.74. The normalized spacial score (nSPS) is 24.4. The highest BCUT2D eigenvalue weighted by molar-refractivity contribution is 7.10. The Morgan fingerprint density at radius 3 is 2.81 bits per heavy atom. The molecule has 196 valence electrons. The molecule has 0 radical (unpaired) electrons. The molecule has 3 aliphatic rings. The van der Waals surface area contributed by atoms with Gasteiger partial charge in [0.1, 0.15) is 5.78 Å². The highest BCUT2D eigenvalue weighted by Crippen LogP contribution is 2.42. The van der Waals surface area contributed by atoms with Crippen LogP contribution in [0, 0.1) is 11.8 Å². The molecular formula is C30H32F3NO2S. The molecule has 5 rings (SSSR count). The van der Waals surface area contributed by atoms with Crippen molar-refractivity contribution in [2.75, 3.05) is 0 Å². The third-order valence-corrected chi connectivity index (χ3v) is 8.89. The number of nitrogens with zero attached hydrogens (tertiary/aromatic N) is 1. The standard InChI is InChI=1S/C30H32F3NO2S/c1-20-7-10-28-27(30(31,32)33)16-25(23-11-12-36-19-23)18-34(28)17-24(20)15-26(35)9-8-21-4-2-5-22(14-21)29-6-3-13-37-29/h3,6,10-13,16-22H,2,4-5,7-9,14-15H2,1H3. The topological polar surface area (TPSA) is 33.5 Å². The highest BCUT2D eigenvalue weighted by atomic mass is 32.1. The van der Waals surface area contributed by atoms with Crippen molar-refractivity contribution in [3.05, 3.63) is 87.9 Å². The number of hydrogen-bond acceptors (Lipinski definition) is 4. The van der Waals surface area contributed by atoms with Crippen LogP contribution in [0.1, 0.15) is 74.6 Å². The molecule has 3 nitrogen and oxygen atoms in total. The van der Waals surface area contributed by atoms with Gasteiger partial charge in [-0.05, 0) is 72.6 Å². The number of ketones is 1. The summed E-state index contributed by atoms with van der Waals surface area (Å²) in [4.78, 5) is 16.1. The van der Waals surface area contributed by atoms with E-state index in [0.717, 1.165) is 18.4 Å². The molecule has 0 saturated heterocycles. The molecule has 4 heterocycles. The molecule has 0 bridgehead atoms. The molecule has 37 heavy (non-hydrogen) atoms. The van der Waals surface area contributed by atoms with E-state index in [4.69, 9.17) is 4.42 Å². The van der Waals surface area contributed by atoms with Gasteiger partial charge in [0.05, 0.1) is 23.8 Å². The number of hydrogen-bond donors (Lipinski definition) is 0. The molecular weight excluding hydrogens is 495 g/mol. The van der Waals surface area contributed by atoms with Crippen LogP contribution in [0.25, 0.3) is 5.57 Å². The van der Waals surface area contributed by atoms with Crippen LogP contribution in [0.15, 0.2) is 81.9 Å². The number of thiophene rings is 1. The number of halogens is 3. The van der Waals surface area contributed by atoms with Gasteiger partial charge in [0, 0.05) is 41.3 Å². The molecule has 2 aromatic heterocycles. The summed E-state index contributed by atoms with van der Waals surface area (Å²) in [6.45, 7) is 1.99. The molecule has 0 spiro atoms. The minimum Gasteiger partial charge on any atom is -0.472 e. The zero-order valence-corrected chi connectivity index (χ0v) is 21.8. The fraction of sp³-hybridized carbons (Fsp3) is 0.433. The number of allylic oxidation sites excluding steroid dienone is 5. The van der Waals surface area contributed by atoms with Crippen LogP contribution in [0.5, 0.6) is 0 Å². The van der Waals surface area contributed by atoms with Crippen LogP contribution < -0.4 is 0 Å². The first-order chi connectivity index (χ1) is 17.8. The Morgan fingerprint density at radius 2 is 2.08 bits per heavy atom. The average molecular weight is 528 g/mol. The molecule has 0 N–H and O–H groups in total. The largest absolute Gasteiger partial charge is 0.472 e. The highest BCUT2D eigenvalue weighted by Gasteiger charge is 2.40. The van der Waals surface area contributed by atoms with E-state index in [1.807, 2.05) is 18.3 Å². The second-order valence-electron chi connectivity index (χ2n) is 10.5. The number of carbonyl (C=O) groups excluding carboxylic acids is 1. The monoisotopic (exact) mass is 527 g/mol. The molecule has 3 atom stereocenters. The van der Waals surface area contributed by atoms with Gasteiger partial charge in [-0.3, -0.25) is 4.79 Å². The lowest BCUT2D eigenvalue weighted by atomic mass is 9.78. The molecule has 1 aliphatic carbocycles. The smallest absolute Gasteiger partial charge is 0.418 e. The van der Waals surface area contributed by atoms with E-state index in [1.54, 1.807) is 29.4 Å². The number of Topliss-reactive ketones (excluding diaryl/α,β-unsaturated/α-hetero) is 1. The van der Waals surface area contributed by atoms with Gasteiger partial charge in [-0.2, -0.15) is 13.2 Å². The van der Waals surface area contributed by atoms with Crippen molar-refractivity contribution in [3.8, 4) is 0 Å². The zero-order valence-electron chi connectivity index (χ0n) is 21.0. The van der Waals surface area contributed by atoms with Gasteiger partial charge >= 0.3 is 6.18 Å². The van der Waals surface area contributed by atoms with Crippen LogP contribution in [0.4, 0.5) is 13.2 Å². The Hall–Kier alpha value is -2.80. The predicted octanol–water partition coefficient (Wildman–Crippen LogP) is 9.01.